The first kappa shape index (κ1) is 22.8. The van der Waals surface area contributed by atoms with Gasteiger partial charge >= 0.3 is 0 Å². The first-order chi connectivity index (χ1) is 17.3. The lowest BCUT2D eigenvalue weighted by Crippen LogP contribution is -2.31. The summed E-state index contributed by atoms with van der Waals surface area (Å²) in [5.74, 6) is 0.120. The molecule has 1 aromatic carbocycles. The third-order valence-electron chi connectivity index (χ3n) is 5.68. The van der Waals surface area contributed by atoms with Crippen molar-refractivity contribution in [2.24, 2.45) is 0 Å². The number of carbonyl (C=O) groups is 1. The number of nitrogens with one attached hydrogen (secondary N) is 2. The minimum Gasteiger partial charge on any atom is -0.383 e. The Morgan fingerprint density at radius 1 is 1.08 bits per heavy atom. The van der Waals surface area contributed by atoms with Gasteiger partial charge in [-0.1, -0.05) is 32.0 Å². The van der Waals surface area contributed by atoms with Crippen LogP contribution in [0, 0.1) is 6.92 Å². The van der Waals surface area contributed by atoms with Crippen LogP contribution >= 0.6 is 0 Å². The average Bonchev–Trinajstić information content (AvgIpc) is 3.31. The van der Waals surface area contributed by atoms with Crippen LogP contribution in [0.15, 0.2) is 59.8 Å². The van der Waals surface area contributed by atoms with Gasteiger partial charge in [0.25, 0.3) is 11.5 Å². The van der Waals surface area contributed by atoms with Crippen LogP contribution < -0.4 is 16.6 Å². The maximum atomic E-state index is 13.2. The van der Waals surface area contributed by atoms with Crippen LogP contribution in [0.1, 0.15) is 41.4 Å². The Labute approximate surface area is 205 Å². The van der Waals surface area contributed by atoms with Crippen LogP contribution in [0.3, 0.4) is 0 Å². The fourth-order valence-corrected chi connectivity index (χ4v) is 3.70. The molecule has 0 radical (unpaired) electrons. The molecule has 0 aliphatic carbocycles. The molecule has 0 saturated carbocycles. The second-order valence-corrected chi connectivity index (χ2v) is 8.63. The molecule has 1 amide bonds. The smallest absolute Gasteiger partial charge is 0.285 e. The molecule has 36 heavy (non-hydrogen) atoms. The van der Waals surface area contributed by atoms with Crippen molar-refractivity contribution in [3.8, 4) is 17.1 Å². The molecular formula is C25H23N9O2. The molecule has 5 rings (SSSR count). The third-order valence-corrected chi connectivity index (χ3v) is 5.68. The number of nitrogens with zero attached hydrogens (tertiary/aromatic N) is 6. The molecule has 5 aromatic rings. The highest BCUT2D eigenvalue weighted by Crippen LogP contribution is 2.29. The number of amides is 1. The SMILES string of the molecule is Cc1ccc(-n2nc(C(C)C)cc(C(=O)Nc3ccc(-c4n[nH]c5ncnc(N)c45)cc3)c2=O)nc1. The third kappa shape index (κ3) is 4.17. The van der Waals surface area contributed by atoms with Crippen molar-refractivity contribution in [3.05, 3.63) is 82.2 Å². The Kier molecular flexibility index (Phi) is 5.72. The molecular weight excluding hydrogens is 458 g/mol. The summed E-state index contributed by atoms with van der Waals surface area (Å²) in [4.78, 5) is 38.8. The summed E-state index contributed by atoms with van der Waals surface area (Å²) < 4.78 is 1.17. The normalized spacial score (nSPS) is 11.2. The number of carbonyl (C=O) groups excluding carboxylic acids is 1. The standard InChI is InChI=1S/C25H23N9O2/c1-13(2)18-10-17(25(36)34(33-18)19-9-4-14(3)11-27-19)24(35)30-16-7-5-15(6-8-16)21-20-22(26)28-12-29-23(20)32-31-21/h4-13H,1-3H3,(H,30,35)(H3,26,28,29,31,32). The van der Waals surface area contributed by atoms with Crippen molar-refractivity contribution in [1.82, 2.24) is 34.9 Å². The summed E-state index contributed by atoms with van der Waals surface area (Å²) in [7, 11) is 0. The molecule has 0 unspecified atom stereocenters. The lowest BCUT2D eigenvalue weighted by atomic mass is 10.1. The van der Waals surface area contributed by atoms with Gasteiger partial charge in [-0.2, -0.15) is 14.9 Å². The van der Waals surface area contributed by atoms with Crippen LogP contribution in [0.4, 0.5) is 11.5 Å². The zero-order chi connectivity index (χ0) is 25.4. The predicted molar refractivity (Wildman–Crippen MR) is 136 cm³/mol. The number of benzene rings is 1. The second kappa shape index (κ2) is 9.02. The van der Waals surface area contributed by atoms with Crippen LogP contribution in [-0.4, -0.2) is 40.8 Å². The molecule has 0 aliphatic heterocycles. The topological polar surface area (TPSA) is 157 Å². The number of aromatic amines is 1. The molecule has 0 fully saturated rings. The first-order valence-corrected chi connectivity index (χ1v) is 11.3. The summed E-state index contributed by atoms with van der Waals surface area (Å²) >= 11 is 0. The number of hydrogen-bond donors (Lipinski definition) is 3. The molecule has 4 aromatic heterocycles. The Morgan fingerprint density at radius 3 is 2.56 bits per heavy atom. The maximum Gasteiger partial charge on any atom is 0.285 e. The van der Waals surface area contributed by atoms with E-state index >= 15 is 0 Å². The average molecular weight is 482 g/mol. The van der Waals surface area contributed by atoms with Gasteiger partial charge in [0.2, 0.25) is 0 Å². The highest BCUT2D eigenvalue weighted by molar-refractivity contribution is 6.04. The Bertz CT molecular complexity index is 1640. The number of H-pyrrole nitrogens is 1. The van der Waals surface area contributed by atoms with Crippen molar-refractivity contribution < 1.29 is 4.79 Å². The van der Waals surface area contributed by atoms with E-state index in [0.717, 1.165) is 11.1 Å². The quantitative estimate of drug-likeness (QED) is 0.345. The Balaban J connectivity index is 1.46. The van der Waals surface area contributed by atoms with E-state index in [9.17, 15) is 9.59 Å². The Morgan fingerprint density at radius 2 is 1.86 bits per heavy atom. The van der Waals surface area contributed by atoms with E-state index in [-0.39, 0.29) is 11.5 Å². The van der Waals surface area contributed by atoms with Gasteiger partial charge < -0.3 is 11.1 Å². The van der Waals surface area contributed by atoms with E-state index in [2.05, 4.69) is 35.6 Å². The van der Waals surface area contributed by atoms with Crippen molar-refractivity contribution in [1.29, 1.82) is 0 Å². The van der Waals surface area contributed by atoms with E-state index in [0.29, 0.717) is 39.7 Å². The summed E-state index contributed by atoms with van der Waals surface area (Å²) in [5.41, 5.74) is 9.38. The lowest BCUT2D eigenvalue weighted by Gasteiger charge is -2.12. The molecule has 0 saturated heterocycles. The number of aryl methyl sites for hydroxylation is 1. The highest BCUT2D eigenvalue weighted by Gasteiger charge is 2.19. The molecule has 0 bridgehead atoms. The van der Waals surface area contributed by atoms with Gasteiger partial charge in [-0.05, 0) is 42.7 Å². The predicted octanol–water partition coefficient (Wildman–Crippen LogP) is 3.23. The number of anilines is 2. The molecule has 11 heteroatoms. The van der Waals surface area contributed by atoms with E-state index in [1.165, 1.54) is 17.1 Å². The Hall–Kier alpha value is -4.93. The van der Waals surface area contributed by atoms with Gasteiger partial charge in [0.1, 0.15) is 23.4 Å². The number of aromatic nitrogens is 7. The monoisotopic (exact) mass is 481 g/mol. The lowest BCUT2D eigenvalue weighted by molar-refractivity contribution is 0.102. The van der Waals surface area contributed by atoms with Crippen molar-refractivity contribution in [3.63, 3.8) is 0 Å². The summed E-state index contributed by atoms with van der Waals surface area (Å²) in [6.07, 6.45) is 3.01. The minimum atomic E-state index is -0.552. The fourth-order valence-electron chi connectivity index (χ4n) is 3.70. The second-order valence-electron chi connectivity index (χ2n) is 8.63. The minimum absolute atomic E-state index is 0.00628. The summed E-state index contributed by atoms with van der Waals surface area (Å²) in [6, 6.07) is 12.1. The fraction of sp³-hybridized carbons (Fsp3) is 0.160. The molecule has 0 spiro atoms. The summed E-state index contributed by atoms with van der Waals surface area (Å²) in [6.45, 7) is 5.78. The number of hydrogen-bond acceptors (Lipinski definition) is 8. The largest absolute Gasteiger partial charge is 0.383 e. The number of pyridine rings is 1. The molecule has 11 nitrogen and oxygen atoms in total. The van der Waals surface area contributed by atoms with Gasteiger partial charge in [0.05, 0.1) is 11.1 Å². The number of fused-ring (bicyclic) bond motifs is 1. The van der Waals surface area contributed by atoms with E-state index < -0.39 is 11.5 Å². The highest BCUT2D eigenvalue weighted by atomic mass is 16.2. The van der Waals surface area contributed by atoms with Crippen molar-refractivity contribution in [2.75, 3.05) is 11.1 Å². The van der Waals surface area contributed by atoms with Crippen LogP contribution in [0.5, 0.6) is 0 Å². The van der Waals surface area contributed by atoms with Gasteiger partial charge in [0.15, 0.2) is 11.5 Å². The number of nitrogen functional groups attached to an aromatic ring is 1. The van der Waals surface area contributed by atoms with Gasteiger partial charge in [0, 0.05) is 17.4 Å². The number of rotatable bonds is 5. The van der Waals surface area contributed by atoms with Gasteiger partial charge in [-0.15, -0.1) is 0 Å². The van der Waals surface area contributed by atoms with E-state index in [1.807, 2.05) is 26.8 Å². The van der Waals surface area contributed by atoms with Gasteiger partial charge in [-0.25, -0.2) is 15.0 Å². The zero-order valence-corrected chi connectivity index (χ0v) is 19.9. The van der Waals surface area contributed by atoms with Crippen molar-refractivity contribution in [2.45, 2.75) is 26.7 Å². The van der Waals surface area contributed by atoms with Crippen LogP contribution in [0.25, 0.3) is 28.1 Å². The summed E-state index contributed by atoms with van der Waals surface area (Å²) in [5, 5.41) is 15.0. The van der Waals surface area contributed by atoms with E-state index in [4.69, 9.17) is 5.73 Å². The maximum absolute atomic E-state index is 13.2. The van der Waals surface area contributed by atoms with E-state index in [1.54, 1.807) is 36.5 Å². The molecule has 0 atom stereocenters. The number of nitrogens with two attached hydrogens (primary N) is 1. The van der Waals surface area contributed by atoms with Crippen molar-refractivity contribution >= 4 is 28.4 Å². The molecule has 180 valence electrons. The molecule has 4 N–H and O–H groups in total. The van der Waals surface area contributed by atoms with Crippen LogP contribution in [-0.2, 0) is 0 Å². The van der Waals surface area contributed by atoms with Crippen LogP contribution in [0.2, 0.25) is 0 Å². The molecule has 0 aliphatic rings. The first-order valence-electron chi connectivity index (χ1n) is 11.3. The molecule has 4 heterocycles. The zero-order valence-electron chi connectivity index (χ0n) is 19.9. The van der Waals surface area contributed by atoms with Gasteiger partial charge in [-0.3, -0.25) is 14.7 Å².